The number of nitrogens with zero attached hydrogens (tertiary/aromatic N) is 1. The molecule has 0 unspecified atom stereocenters. The predicted molar refractivity (Wildman–Crippen MR) is 110 cm³/mol. The van der Waals surface area contributed by atoms with Crippen LogP contribution in [0.1, 0.15) is 12.5 Å². The van der Waals surface area contributed by atoms with Crippen LogP contribution in [0.15, 0.2) is 47.4 Å². The molecule has 0 N–H and O–H groups in total. The molecule has 1 aliphatic heterocycles. The average molecular weight is 424 g/mol. The summed E-state index contributed by atoms with van der Waals surface area (Å²) in [5.74, 6) is -0.207. The fourth-order valence-electron chi connectivity index (χ4n) is 2.29. The molecule has 0 spiro atoms. The lowest BCUT2D eigenvalue weighted by atomic mass is 10.2. The molecular formula is C18H11Cl2NO3S2. The third kappa shape index (κ3) is 4.10. The Hall–Kier alpha value is -1.86. The van der Waals surface area contributed by atoms with Gasteiger partial charge < -0.3 is 4.74 Å². The zero-order chi connectivity index (χ0) is 18.8. The van der Waals surface area contributed by atoms with Gasteiger partial charge in [0, 0.05) is 11.9 Å². The number of benzene rings is 2. The molecule has 0 bridgehead atoms. The number of carbonyl (C=O) groups excluding carboxylic acids is 2. The van der Waals surface area contributed by atoms with Crippen LogP contribution in [0.3, 0.4) is 0 Å². The molecule has 1 amide bonds. The van der Waals surface area contributed by atoms with E-state index in [2.05, 4.69) is 0 Å². The van der Waals surface area contributed by atoms with Gasteiger partial charge in [-0.1, -0.05) is 59.3 Å². The van der Waals surface area contributed by atoms with Crippen molar-refractivity contribution in [3.63, 3.8) is 0 Å². The smallest absolute Gasteiger partial charge is 0.308 e. The number of anilines is 1. The van der Waals surface area contributed by atoms with Gasteiger partial charge in [-0.15, -0.1) is 0 Å². The van der Waals surface area contributed by atoms with E-state index in [1.54, 1.807) is 48.5 Å². The molecule has 2 aromatic rings. The molecule has 4 nitrogen and oxygen atoms in total. The van der Waals surface area contributed by atoms with Gasteiger partial charge in [0.2, 0.25) is 0 Å². The Bertz CT molecular complexity index is 942. The second-order valence-corrected chi connectivity index (χ2v) is 7.79. The van der Waals surface area contributed by atoms with Gasteiger partial charge >= 0.3 is 5.97 Å². The van der Waals surface area contributed by atoms with E-state index >= 15 is 0 Å². The van der Waals surface area contributed by atoms with Gasteiger partial charge in [-0.05, 0) is 42.0 Å². The maximum atomic E-state index is 12.8. The van der Waals surface area contributed by atoms with Crippen molar-refractivity contribution < 1.29 is 14.3 Å². The third-order valence-corrected chi connectivity index (χ3v) is 5.22. The van der Waals surface area contributed by atoms with E-state index in [0.29, 0.717) is 30.7 Å². The molecule has 3 rings (SSSR count). The number of thioether (sulfide) groups is 1. The van der Waals surface area contributed by atoms with E-state index in [9.17, 15) is 9.59 Å². The number of halogens is 2. The predicted octanol–water partition coefficient (Wildman–Crippen LogP) is 5.32. The first kappa shape index (κ1) is 18.9. The van der Waals surface area contributed by atoms with Gasteiger partial charge in [-0.25, -0.2) is 0 Å². The molecule has 1 saturated heterocycles. The minimum atomic E-state index is -0.390. The van der Waals surface area contributed by atoms with E-state index < -0.39 is 5.97 Å². The molecule has 0 atom stereocenters. The summed E-state index contributed by atoms with van der Waals surface area (Å²) < 4.78 is 5.38. The molecular weight excluding hydrogens is 413 g/mol. The van der Waals surface area contributed by atoms with Crippen molar-refractivity contribution in [1.82, 2.24) is 0 Å². The van der Waals surface area contributed by atoms with Crippen molar-refractivity contribution in [3.8, 4) is 5.75 Å². The Morgan fingerprint density at radius 3 is 2.50 bits per heavy atom. The van der Waals surface area contributed by atoms with Crippen molar-refractivity contribution in [1.29, 1.82) is 0 Å². The lowest BCUT2D eigenvalue weighted by molar-refractivity contribution is -0.131. The van der Waals surface area contributed by atoms with Gasteiger partial charge in [-0.2, -0.15) is 0 Å². The quantitative estimate of drug-likeness (QED) is 0.289. The summed E-state index contributed by atoms with van der Waals surface area (Å²) in [5, 5.41) is 0.827. The van der Waals surface area contributed by atoms with Crippen LogP contribution < -0.4 is 9.64 Å². The van der Waals surface area contributed by atoms with Gasteiger partial charge in [0.1, 0.15) is 5.75 Å². The van der Waals surface area contributed by atoms with Crippen LogP contribution in [0.4, 0.5) is 5.69 Å². The van der Waals surface area contributed by atoms with Crippen LogP contribution in [-0.4, -0.2) is 16.2 Å². The number of thiocarbonyl (C=S) groups is 1. The fourth-order valence-corrected chi connectivity index (χ4v) is 4.07. The second kappa shape index (κ2) is 7.80. The summed E-state index contributed by atoms with van der Waals surface area (Å²) in [6.45, 7) is 1.33. The molecule has 0 aromatic heterocycles. The molecule has 26 heavy (non-hydrogen) atoms. The van der Waals surface area contributed by atoms with E-state index in [0.717, 1.165) is 5.56 Å². The topological polar surface area (TPSA) is 46.6 Å². The van der Waals surface area contributed by atoms with Crippen LogP contribution in [0, 0.1) is 0 Å². The average Bonchev–Trinajstić information content (AvgIpc) is 2.83. The number of ether oxygens (including phenoxy) is 1. The highest BCUT2D eigenvalue weighted by molar-refractivity contribution is 8.27. The molecule has 8 heteroatoms. The summed E-state index contributed by atoms with van der Waals surface area (Å²) >= 11 is 18.6. The van der Waals surface area contributed by atoms with E-state index in [-0.39, 0.29) is 5.91 Å². The van der Waals surface area contributed by atoms with Crippen LogP contribution >= 0.6 is 47.2 Å². The van der Waals surface area contributed by atoms with Gasteiger partial charge in [0.15, 0.2) is 4.32 Å². The van der Waals surface area contributed by atoms with Crippen LogP contribution in [0.5, 0.6) is 5.75 Å². The summed E-state index contributed by atoms with van der Waals surface area (Å²) in [6, 6.07) is 11.7. The first-order valence-corrected chi connectivity index (χ1v) is 9.35. The third-order valence-electron chi connectivity index (χ3n) is 3.38. The normalized spacial score (nSPS) is 15.7. The first-order valence-electron chi connectivity index (χ1n) is 7.36. The number of amides is 1. The van der Waals surface area contributed by atoms with Crippen molar-refractivity contribution in [3.05, 3.63) is 63.0 Å². The first-order chi connectivity index (χ1) is 12.3. The Labute approximate surface area is 169 Å². The molecule has 1 heterocycles. The monoisotopic (exact) mass is 423 g/mol. The lowest BCUT2D eigenvalue weighted by Gasteiger charge is -2.16. The Morgan fingerprint density at radius 1 is 1.19 bits per heavy atom. The number of carbonyl (C=O) groups is 2. The number of rotatable bonds is 3. The summed E-state index contributed by atoms with van der Waals surface area (Å²) in [4.78, 5) is 25.6. The zero-order valence-corrected chi connectivity index (χ0v) is 16.5. The molecule has 0 saturated carbocycles. The molecule has 0 aliphatic carbocycles. The van der Waals surface area contributed by atoms with Crippen LogP contribution in [-0.2, 0) is 9.59 Å². The highest BCUT2D eigenvalue weighted by Gasteiger charge is 2.34. The fraction of sp³-hybridized carbons (Fsp3) is 0.0556. The number of hydrogen-bond donors (Lipinski definition) is 0. The summed E-state index contributed by atoms with van der Waals surface area (Å²) in [7, 11) is 0. The zero-order valence-electron chi connectivity index (χ0n) is 13.4. The maximum absolute atomic E-state index is 12.8. The standard InChI is InChI=1S/C18H11Cl2NO3S2/c1-10(22)24-13-5-2-11(3-6-13)8-16-17(23)21(18(25)26-16)15-7-4-12(19)9-14(15)20/h2-9H,1H3/b16-8-. The van der Waals surface area contributed by atoms with Crippen molar-refractivity contribution in [2.45, 2.75) is 6.92 Å². The van der Waals surface area contributed by atoms with Crippen molar-refractivity contribution in [2.75, 3.05) is 4.90 Å². The van der Waals surface area contributed by atoms with Crippen LogP contribution in [0.2, 0.25) is 10.0 Å². The molecule has 2 aromatic carbocycles. The van der Waals surface area contributed by atoms with E-state index in [4.69, 9.17) is 40.2 Å². The minimum absolute atomic E-state index is 0.256. The van der Waals surface area contributed by atoms with Gasteiger partial charge in [0.05, 0.1) is 15.6 Å². The molecule has 1 fully saturated rings. The number of esters is 1. The Kier molecular flexibility index (Phi) is 5.67. The van der Waals surface area contributed by atoms with E-state index in [1.807, 2.05) is 0 Å². The minimum Gasteiger partial charge on any atom is -0.427 e. The molecule has 0 radical (unpaired) electrons. The van der Waals surface area contributed by atoms with Gasteiger partial charge in [-0.3, -0.25) is 14.5 Å². The second-order valence-electron chi connectivity index (χ2n) is 5.28. The van der Waals surface area contributed by atoms with Crippen LogP contribution in [0.25, 0.3) is 6.08 Å². The summed E-state index contributed by atoms with van der Waals surface area (Å²) in [6.07, 6.45) is 1.72. The van der Waals surface area contributed by atoms with E-state index in [1.165, 1.54) is 23.6 Å². The van der Waals surface area contributed by atoms with Gasteiger partial charge in [0.25, 0.3) is 5.91 Å². The van der Waals surface area contributed by atoms with Crippen molar-refractivity contribution in [2.24, 2.45) is 0 Å². The molecule has 1 aliphatic rings. The largest absolute Gasteiger partial charge is 0.427 e. The summed E-state index contributed by atoms with van der Waals surface area (Å²) in [5.41, 5.74) is 1.27. The Morgan fingerprint density at radius 2 is 1.88 bits per heavy atom. The SMILES string of the molecule is CC(=O)Oc1ccc(/C=C2\SC(=S)N(c3ccc(Cl)cc3Cl)C2=O)cc1. The Balaban J connectivity index is 1.86. The lowest BCUT2D eigenvalue weighted by Crippen LogP contribution is -2.27. The molecule has 132 valence electrons. The highest BCUT2D eigenvalue weighted by atomic mass is 35.5. The number of hydrogen-bond acceptors (Lipinski definition) is 5. The van der Waals surface area contributed by atoms with Crippen molar-refractivity contribution >= 4 is 75.1 Å². The maximum Gasteiger partial charge on any atom is 0.308 e. The highest BCUT2D eigenvalue weighted by Crippen LogP contribution is 2.39.